The lowest BCUT2D eigenvalue weighted by Crippen LogP contribution is -2.29. The van der Waals surface area contributed by atoms with Gasteiger partial charge >= 0.3 is 5.97 Å². The van der Waals surface area contributed by atoms with E-state index < -0.39 is 17.4 Å². The number of Topliss-reactive ketones (excluding diaryl/α,β-unsaturated/α-hetero) is 1. The molecule has 0 radical (unpaired) electrons. The van der Waals surface area contributed by atoms with Crippen LogP contribution < -0.4 is 10.5 Å². The Bertz CT molecular complexity index is 619. The zero-order chi connectivity index (χ0) is 19.1. The fourth-order valence-electron chi connectivity index (χ4n) is 3.08. The Morgan fingerprint density at radius 2 is 1.77 bits per heavy atom. The van der Waals surface area contributed by atoms with Gasteiger partial charge in [0.15, 0.2) is 23.2 Å². The van der Waals surface area contributed by atoms with E-state index in [-0.39, 0.29) is 35.8 Å². The van der Waals surface area contributed by atoms with Gasteiger partial charge in [-0.3, -0.25) is 9.59 Å². The standard InChI is InChI=1S/C19H25F2NO4/c1-2-25-19(24)12-5-7-14(8-6-12)26-18-15(20)10-13(11-16(18)21)17(23)4-3-9-22/h10-12,14H,2-9,22H2,1H3. The molecule has 1 aromatic carbocycles. The normalized spacial score (nSPS) is 19.8. The molecule has 0 heterocycles. The fourth-order valence-corrected chi connectivity index (χ4v) is 3.08. The summed E-state index contributed by atoms with van der Waals surface area (Å²) in [6.07, 6.45) is 2.38. The van der Waals surface area contributed by atoms with Gasteiger partial charge in [-0.25, -0.2) is 8.78 Å². The van der Waals surface area contributed by atoms with Crippen LogP contribution in [0.25, 0.3) is 0 Å². The fraction of sp³-hybridized carbons (Fsp3) is 0.579. The molecule has 1 aromatic rings. The highest BCUT2D eigenvalue weighted by atomic mass is 19.1. The monoisotopic (exact) mass is 369 g/mol. The number of hydrogen-bond donors (Lipinski definition) is 1. The molecular formula is C19H25F2NO4. The maximum Gasteiger partial charge on any atom is 0.308 e. The van der Waals surface area contributed by atoms with Gasteiger partial charge in [0.05, 0.1) is 18.6 Å². The summed E-state index contributed by atoms with van der Waals surface area (Å²) in [5, 5.41) is 0. The molecule has 5 nitrogen and oxygen atoms in total. The molecule has 0 unspecified atom stereocenters. The van der Waals surface area contributed by atoms with Crippen LogP contribution in [0.3, 0.4) is 0 Å². The molecule has 2 N–H and O–H groups in total. The van der Waals surface area contributed by atoms with E-state index in [0.29, 0.717) is 45.3 Å². The SMILES string of the molecule is CCOC(=O)C1CCC(Oc2c(F)cc(C(=O)CCCN)cc2F)CC1. The van der Waals surface area contributed by atoms with Crippen molar-refractivity contribution in [2.24, 2.45) is 11.7 Å². The zero-order valence-corrected chi connectivity index (χ0v) is 14.9. The second-order valence-corrected chi connectivity index (χ2v) is 6.43. The molecule has 0 spiro atoms. The Labute approximate surface area is 151 Å². The van der Waals surface area contributed by atoms with Crippen LogP contribution in [0.15, 0.2) is 12.1 Å². The average Bonchev–Trinajstić information content (AvgIpc) is 2.63. The summed E-state index contributed by atoms with van der Waals surface area (Å²) in [5.74, 6) is -3.03. The predicted molar refractivity (Wildman–Crippen MR) is 92.0 cm³/mol. The van der Waals surface area contributed by atoms with Crippen LogP contribution in [-0.4, -0.2) is 31.0 Å². The number of nitrogens with two attached hydrogens (primary N) is 1. The first-order chi connectivity index (χ1) is 12.5. The lowest BCUT2D eigenvalue weighted by molar-refractivity contribution is -0.149. The van der Waals surface area contributed by atoms with Crippen molar-refractivity contribution in [1.29, 1.82) is 0 Å². The third-order valence-corrected chi connectivity index (χ3v) is 4.51. The van der Waals surface area contributed by atoms with E-state index in [1.165, 1.54) is 0 Å². The summed E-state index contributed by atoms with van der Waals surface area (Å²) in [5.41, 5.74) is 5.32. The molecule has 0 atom stereocenters. The van der Waals surface area contributed by atoms with Crippen LogP contribution in [0, 0.1) is 17.6 Å². The molecule has 1 aliphatic rings. The molecule has 0 amide bonds. The van der Waals surface area contributed by atoms with Gasteiger partial charge in [0.1, 0.15) is 0 Å². The molecule has 1 saturated carbocycles. The van der Waals surface area contributed by atoms with Crippen LogP contribution in [0.5, 0.6) is 5.75 Å². The smallest absolute Gasteiger partial charge is 0.308 e. The van der Waals surface area contributed by atoms with Crippen molar-refractivity contribution in [3.8, 4) is 5.75 Å². The molecule has 0 aliphatic heterocycles. The molecule has 0 saturated heterocycles. The number of ketones is 1. The lowest BCUT2D eigenvalue weighted by atomic mass is 9.87. The second-order valence-electron chi connectivity index (χ2n) is 6.43. The average molecular weight is 369 g/mol. The van der Waals surface area contributed by atoms with Crippen molar-refractivity contribution in [3.05, 3.63) is 29.3 Å². The number of carbonyl (C=O) groups excluding carboxylic acids is 2. The highest BCUT2D eigenvalue weighted by Crippen LogP contribution is 2.31. The number of benzene rings is 1. The third kappa shape index (κ3) is 5.24. The Hall–Kier alpha value is -2.02. The van der Waals surface area contributed by atoms with E-state index >= 15 is 0 Å². The molecule has 7 heteroatoms. The molecule has 0 bridgehead atoms. The molecule has 1 aliphatic carbocycles. The van der Waals surface area contributed by atoms with Crippen molar-refractivity contribution >= 4 is 11.8 Å². The predicted octanol–water partition coefficient (Wildman–Crippen LogP) is 3.39. The number of esters is 1. The minimum absolute atomic E-state index is 0.0215. The number of hydrogen-bond acceptors (Lipinski definition) is 5. The van der Waals surface area contributed by atoms with Gasteiger partial charge in [0.25, 0.3) is 0 Å². The van der Waals surface area contributed by atoms with Gasteiger partial charge in [-0.15, -0.1) is 0 Å². The first-order valence-corrected chi connectivity index (χ1v) is 9.01. The second kappa shape index (κ2) is 9.62. The number of ether oxygens (including phenoxy) is 2. The summed E-state index contributed by atoms with van der Waals surface area (Å²) in [6, 6.07) is 2.00. The van der Waals surface area contributed by atoms with Crippen molar-refractivity contribution in [3.63, 3.8) is 0 Å². The summed E-state index contributed by atoms with van der Waals surface area (Å²) in [7, 11) is 0. The van der Waals surface area contributed by atoms with Crippen LogP contribution in [0.4, 0.5) is 8.78 Å². The Balaban J connectivity index is 1.98. The summed E-state index contributed by atoms with van der Waals surface area (Å²) in [4.78, 5) is 23.6. The van der Waals surface area contributed by atoms with Crippen molar-refractivity contribution in [2.45, 2.75) is 51.6 Å². The van der Waals surface area contributed by atoms with Gasteiger partial charge in [-0.1, -0.05) is 0 Å². The van der Waals surface area contributed by atoms with E-state index in [1.54, 1.807) is 6.92 Å². The van der Waals surface area contributed by atoms with E-state index in [1.807, 2.05) is 0 Å². The minimum atomic E-state index is -0.895. The number of rotatable bonds is 8. The molecule has 0 aromatic heterocycles. The topological polar surface area (TPSA) is 78.6 Å². The van der Waals surface area contributed by atoms with E-state index in [4.69, 9.17) is 15.2 Å². The van der Waals surface area contributed by atoms with Gasteiger partial charge in [-0.2, -0.15) is 0 Å². The first-order valence-electron chi connectivity index (χ1n) is 9.01. The Kier molecular flexibility index (Phi) is 7.50. The van der Waals surface area contributed by atoms with Crippen LogP contribution >= 0.6 is 0 Å². The number of halogens is 2. The van der Waals surface area contributed by atoms with Crippen molar-refractivity contribution < 1.29 is 27.8 Å². The van der Waals surface area contributed by atoms with Crippen LogP contribution in [0.2, 0.25) is 0 Å². The highest BCUT2D eigenvalue weighted by Gasteiger charge is 2.29. The summed E-state index contributed by atoms with van der Waals surface area (Å²) in [6.45, 7) is 2.43. The van der Waals surface area contributed by atoms with Gasteiger partial charge in [0.2, 0.25) is 0 Å². The quantitative estimate of drug-likeness (QED) is 0.561. The molecule has 2 rings (SSSR count). The van der Waals surface area contributed by atoms with Gasteiger partial charge in [-0.05, 0) is 57.7 Å². The molecule has 26 heavy (non-hydrogen) atoms. The van der Waals surface area contributed by atoms with Gasteiger partial charge < -0.3 is 15.2 Å². The first kappa shape index (κ1) is 20.3. The molecule has 1 fully saturated rings. The number of carbonyl (C=O) groups is 2. The maximum absolute atomic E-state index is 14.2. The van der Waals surface area contributed by atoms with Crippen LogP contribution in [-0.2, 0) is 9.53 Å². The largest absolute Gasteiger partial charge is 0.484 e. The Morgan fingerprint density at radius 3 is 2.31 bits per heavy atom. The van der Waals surface area contributed by atoms with Crippen molar-refractivity contribution in [1.82, 2.24) is 0 Å². The third-order valence-electron chi connectivity index (χ3n) is 4.51. The van der Waals surface area contributed by atoms with Crippen LogP contribution in [0.1, 0.15) is 55.8 Å². The van der Waals surface area contributed by atoms with Crippen molar-refractivity contribution in [2.75, 3.05) is 13.2 Å². The summed E-state index contributed by atoms with van der Waals surface area (Å²) < 4.78 is 39.0. The Morgan fingerprint density at radius 1 is 1.15 bits per heavy atom. The molecular weight excluding hydrogens is 344 g/mol. The molecule has 144 valence electrons. The van der Waals surface area contributed by atoms with E-state index in [2.05, 4.69) is 0 Å². The highest BCUT2D eigenvalue weighted by molar-refractivity contribution is 5.96. The summed E-state index contributed by atoms with van der Waals surface area (Å²) >= 11 is 0. The van der Waals surface area contributed by atoms with Gasteiger partial charge in [0, 0.05) is 12.0 Å². The maximum atomic E-state index is 14.2. The minimum Gasteiger partial charge on any atom is -0.484 e. The lowest BCUT2D eigenvalue weighted by Gasteiger charge is -2.28. The van der Waals surface area contributed by atoms with E-state index in [9.17, 15) is 18.4 Å². The van der Waals surface area contributed by atoms with E-state index in [0.717, 1.165) is 12.1 Å². The zero-order valence-electron chi connectivity index (χ0n) is 14.9.